The fraction of sp³-hybridized carbons (Fsp3) is 0.171. The van der Waals surface area contributed by atoms with Crippen LogP contribution in [0, 0.1) is 0 Å². The molecule has 0 spiro atoms. The second-order valence-electron chi connectivity index (χ2n) is 12.2. The van der Waals surface area contributed by atoms with Crippen LogP contribution in [0.4, 0.5) is 0 Å². The molecule has 5 atom stereocenters. The number of aliphatic hydroxyl groups is 4. The van der Waals surface area contributed by atoms with E-state index in [1.165, 1.54) is 6.07 Å². The lowest BCUT2D eigenvalue weighted by atomic mass is 9.99. The molecule has 1 unspecified atom stereocenters. The van der Waals surface area contributed by atoms with Crippen molar-refractivity contribution in [2.24, 2.45) is 0 Å². The Morgan fingerprint density at radius 3 is 1.73 bits per heavy atom. The maximum atomic E-state index is 13.2. The molecular weight excluding hydrogens is 740 g/mol. The Morgan fingerprint density at radius 2 is 1.18 bits per heavy atom. The lowest BCUT2D eigenvalue weighted by Gasteiger charge is -2.39. The van der Waals surface area contributed by atoms with Crippen LogP contribution in [-0.4, -0.2) is 98.6 Å². The van der Waals surface area contributed by atoms with Gasteiger partial charge in [0, 0.05) is 28.5 Å². The fourth-order valence-electron chi connectivity index (χ4n) is 6.09. The Hall–Kier alpha value is -6.97. The third kappa shape index (κ3) is 5.82. The van der Waals surface area contributed by atoms with Gasteiger partial charge < -0.3 is 84.0 Å². The molecule has 286 valence electrons. The van der Waals surface area contributed by atoms with E-state index in [4.69, 9.17) is 22.7 Å². The van der Waals surface area contributed by atoms with Crippen molar-refractivity contribution in [3.05, 3.63) is 73.5 Å². The SMILES string of the molecule is O=c1c(OC2O[C@H](CO)[C@H](O)[C@H](O)[C@H]2O)c(-c2ccc(O)c(O)c2)oc2cc(O)cc(O)c12.O=c1oc2c(O)c(O)cc3c(=O)oc4c(O)c(O)cc1c4c23. The van der Waals surface area contributed by atoms with E-state index >= 15 is 0 Å². The van der Waals surface area contributed by atoms with Gasteiger partial charge in [0.1, 0.15) is 46.9 Å². The standard InChI is InChI=1S/C21H20O12.C14H6O8/c22-6-13-15(27)17(29)18(30)21(32-13)33-20-16(28)14-11(26)4-8(23)5-12(14)31-19(20)7-1-2-9(24)10(25)3-7;15-5-1-3-7-8-4(14(20)22-11(7)9(5)17)2-6(16)10(18)12(8)21-13(3)19/h1-5,13,15,17-18,21-27,29-30H,6H2;1-2,15-18H/t13-,15+,17+,18-,21?;/m1./s1. The maximum absolute atomic E-state index is 13.2. The first-order chi connectivity index (χ1) is 26.0. The first-order valence-corrected chi connectivity index (χ1v) is 15.7. The van der Waals surface area contributed by atoms with E-state index in [0.717, 1.165) is 36.4 Å². The van der Waals surface area contributed by atoms with Gasteiger partial charge in [0.25, 0.3) is 0 Å². The van der Waals surface area contributed by atoms with Crippen molar-refractivity contribution in [2.75, 3.05) is 6.61 Å². The van der Waals surface area contributed by atoms with E-state index in [1.54, 1.807) is 0 Å². The number of aromatic hydroxyl groups is 8. The molecule has 0 radical (unpaired) electrons. The van der Waals surface area contributed by atoms with Crippen molar-refractivity contribution in [3.8, 4) is 63.1 Å². The molecule has 4 heterocycles. The molecule has 3 aromatic heterocycles. The van der Waals surface area contributed by atoms with Crippen LogP contribution in [0.3, 0.4) is 0 Å². The summed E-state index contributed by atoms with van der Waals surface area (Å²) in [6.45, 7) is -0.740. The number of phenols is 8. The third-order valence-electron chi connectivity index (χ3n) is 8.79. The summed E-state index contributed by atoms with van der Waals surface area (Å²) in [5.74, 6) is -5.80. The summed E-state index contributed by atoms with van der Waals surface area (Å²) >= 11 is 0. The van der Waals surface area contributed by atoms with Gasteiger partial charge in [0.05, 0.1) is 17.4 Å². The van der Waals surface area contributed by atoms with Gasteiger partial charge in [-0.3, -0.25) is 4.79 Å². The molecule has 0 amide bonds. The molecule has 20 heteroatoms. The summed E-state index contributed by atoms with van der Waals surface area (Å²) < 4.78 is 26.3. The number of benzene rings is 4. The second kappa shape index (κ2) is 13.2. The molecule has 4 aromatic carbocycles. The summed E-state index contributed by atoms with van der Waals surface area (Å²) in [5, 5.41) is 117. The van der Waals surface area contributed by atoms with Crippen LogP contribution < -0.4 is 21.4 Å². The number of hydrogen-bond acceptors (Lipinski definition) is 20. The van der Waals surface area contributed by atoms with Crippen molar-refractivity contribution in [3.63, 3.8) is 0 Å². The Labute approximate surface area is 301 Å². The highest BCUT2D eigenvalue weighted by molar-refractivity contribution is 6.22. The third-order valence-corrected chi connectivity index (χ3v) is 8.79. The molecule has 1 aliphatic heterocycles. The van der Waals surface area contributed by atoms with Gasteiger partial charge in [-0.15, -0.1) is 0 Å². The zero-order chi connectivity index (χ0) is 39.8. The molecule has 8 rings (SSSR count). The van der Waals surface area contributed by atoms with Gasteiger partial charge in [-0.1, -0.05) is 0 Å². The molecule has 1 aliphatic rings. The first-order valence-electron chi connectivity index (χ1n) is 15.7. The molecule has 0 saturated carbocycles. The molecule has 1 fully saturated rings. The van der Waals surface area contributed by atoms with Gasteiger partial charge in [-0.2, -0.15) is 0 Å². The topological polar surface area (TPSA) is 352 Å². The van der Waals surface area contributed by atoms with Crippen LogP contribution in [0.25, 0.3) is 55.0 Å². The second-order valence-corrected chi connectivity index (χ2v) is 12.2. The molecule has 0 aliphatic carbocycles. The normalized spacial score (nSPS) is 19.9. The van der Waals surface area contributed by atoms with Crippen molar-refractivity contribution < 1.29 is 84.0 Å². The van der Waals surface area contributed by atoms with Crippen LogP contribution in [0.1, 0.15) is 0 Å². The lowest BCUT2D eigenvalue weighted by Crippen LogP contribution is -2.60. The maximum Gasteiger partial charge on any atom is 0.344 e. The number of fused-ring (bicyclic) bond motifs is 1. The molecule has 7 aromatic rings. The van der Waals surface area contributed by atoms with Crippen LogP contribution >= 0.6 is 0 Å². The predicted molar refractivity (Wildman–Crippen MR) is 183 cm³/mol. The Balaban J connectivity index is 0.000000183. The lowest BCUT2D eigenvalue weighted by molar-refractivity contribution is -0.277. The van der Waals surface area contributed by atoms with Crippen LogP contribution in [0.15, 0.2) is 70.1 Å². The highest BCUT2D eigenvalue weighted by atomic mass is 16.7. The monoisotopic (exact) mass is 766 g/mol. The summed E-state index contributed by atoms with van der Waals surface area (Å²) in [7, 11) is 0. The average Bonchev–Trinajstić information content (AvgIpc) is 3.13. The molecule has 20 nitrogen and oxygen atoms in total. The highest BCUT2D eigenvalue weighted by Gasteiger charge is 2.45. The smallest absolute Gasteiger partial charge is 0.344 e. The largest absolute Gasteiger partial charge is 0.508 e. The van der Waals surface area contributed by atoms with Gasteiger partial charge >= 0.3 is 11.3 Å². The van der Waals surface area contributed by atoms with Crippen LogP contribution in [0.5, 0.6) is 51.7 Å². The van der Waals surface area contributed by atoms with Gasteiger partial charge in [-0.25, -0.2) is 9.59 Å². The van der Waals surface area contributed by atoms with E-state index in [-0.39, 0.29) is 43.8 Å². The number of phenolic OH excluding ortho intramolecular Hbond substituents is 8. The van der Waals surface area contributed by atoms with Crippen LogP contribution in [0.2, 0.25) is 0 Å². The minimum atomic E-state index is -1.85. The van der Waals surface area contributed by atoms with E-state index in [9.17, 15) is 75.7 Å². The minimum Gasteiger partial charge on any atom is -0.508 e. The molecule has 0 bridgehead atoms. The summed E-state index contributed by atoms with van der Waals surface area (Å²) in [4.78, 5) is 37.2. The molecule has 12 N–H and O–H groups in total. The van der Waals surface area contributed by atoms with Crippen molar-refractivity contribution in [1.82, 2.24) is 0 Å². The number of rotatable bonds is 4. The minimum absolute atomic E-state index is 0.00597. The zero-order valence-electron chi connectivity index (χ0n) is 27.3. The predicted octanol–water partition coefficient (Wildman–Crippen LogP) is 0.774. The Morgan fingerprint density at radius 1 is 0.600 bits per heavy atom. The first kappa shape index (κ1) is 36.4. The summed E-state index contributed by atoms with van der Waals surface area (Å²) in [5.41, 5.74) is -3.89. The van der Waals surface area contributed by atoms with Gasteiger partial charge in [0.15, 0.2) is 39.9 Å². The number of aliphatic hydroxyl groups excluding tert-OH is 4. The fourth-order valence-corrected chi connectivity index (χ4v) is 6.09. The van der Waals surface area contributed by atoms with Crippen molar-refractivity contribution in [2.45, 2.75) is 30.7 Å². The van der Waals surface area contributed by atoms with Crippen molar-refractivity contribution in [1.29, 1.82) is 0 Å². The van der Waals surface area contributed by atoms with Crippen molar-refractivity contribution >= 4 is 43.7 Å². The number of hydrogen-bond donors (Lipinski definition) is 12. The molecule has 1 saturated heterocycles. The zero-order valence-corrected chi connectivity index (χ0v) is 27.3. The van der Waals surface area contributed by atoms with E-state index in [1.807, 2.05) is 0 Å². The molecular formula is C35H26O20. The van der Waals surface area contributed by atoms with E-state index in [0.29, 0.717) is 0 Å². The van der Waals surface area contributed by atoms with Gasteiger partial charge in [-0.05, 0) is 30.3 Å². The van der Waals surface area contributed by atoms with Gasteiger partial charge in [0.2, 0.25) is 29.0 Å². The summed E-state index contributed by atoms with van der Waals surface area (Å²) in [6, 6.07) is 7.29. The van der Waals surface area contributed by atoms with E-state index < -0.39 is 117 Å². The Bertz CT molecular complexity index is 2740. The summed E-state index contributed by atoms with van der Waals surface area (Å²) in [6.07, 6.45) is -8.40. The molecule has 55 heavy (non-hydrogen) atoms. The number of ether oxygens (including phenoxy) is 2. The van der Waals surface area contributed by atoms with Crippen LogP contribution in [-0.2, 0) is 4.74 Å². The quantitative estimate of drug-likeness (QED) is 0.0668. The Kier molecular flexibility index (Phi) is 8.70. The average molecular weight is 767 g/mol. The highest BCUT2D eigenvalue weighted by Crippen LogP contribution is 2.45. The van der Waals surface area contributed by atoms with E-state index in [2.05, 4.69) is 0 Å².